The van der Waals surface area contributed by atoms with Gasteiger partial charge < -0.3 is 10.6 Å². The Bertz CT molecular complexity index is 466. The summed E-state index contributed by atoms with van der Waals surface area (Å²) in [7, 11) is 0. The van der Waals surface area contributed by atoms with Gasteiger partial charge in [0.2, 0.25) is 5.91 Å². The number of carbonyl (C=O) groups is 1. The minimum absolute atomic E-state index is 0.0278. The zero-order valence-corrected chi connectivity index (χ0v) is 10.9. The molecule has 0 bridgehead atoms. The Labute approximate surface area is 112 Å². The summed E-state index contributed by atoms with van der Waals surface area (Å²) in [6.45, 7) is 2.60. The lowest BCUT2D eigenvalue weighted by molar-refractivity contribution is -0.124. The summed E-state index contributed by atoms with van der Waals surface area (Å²) in [6, 6.07) is 6.72. The van der Waals surface area contributed by atoms with E-state index in [-0.39, 0.29) is 23.1 Å². The van der Waals surface area contributed by atoms with Crippen molar-refractivity contribution in [2.75, 3.05) is 19.6 Å². The first-order valence-corrected chi connectivity index (χ1v) is 6.97. The second-order valence-electron chi connectivity index (χ2n) is 5.55. The summed E-state index contributed by atoms with van der Waals surface area (Å²) >= 11 is 0. The lowest BCUT2D eigenvalue weighted by Gasteiger charge is -2.42. The fourth-order valence-electron chi connectivity index (χ4n) is 3.61. The summed E-state index contributed by atoms with van der Waals surface area (Å²) in [5, 5.41) is 6.29. The molecule has 1 aromatic rings. The predicted octanol–water partition coefficient (Wildman–Crippen LogP) is 1.58. The molecule has 1 aromatic carbocycles. The van der Waals surface area contributed by atoms with Crippen LogP contribution in [-0.2, 0) is 10.2 Å². The van der Waals surface area contributed by atoms with E-state index in [1.807, 2.05) is 12.1 Å². The predicted molar refractivity (Wildman–Crippen MR) is 71.3 cm³/mol. The molecule has 2 aliphatic heterocycles. The molecule has 0 radical (unpaired) electrons. The van der Waals surface area contributed by atoms with Crippen LogP contribution in [0.1, 0.15) is 24.8 Å². The van der Waals surface area contributed by atoms with Crippen LogP contribution in [0, 0.1) is 11.7 Å². The number of halogens is 1. The van der Waals surface area contributed by atoms with E-state index in [0.29, 0.717) is 0 Å². The fourth-order valence-corrected chi connectivity index (χ4v) is 3.61. The van der Waals surface area contributed by atoms with Crippen LogP contribution in [0.4, 0.5) is 4.39 Å². The highest BCUT2D eigenvalue weighted by atomic mass is 19.1. The van der Waals surface area contributed by atoms with Crippen molar-refractivity contribution < 1.29 is 9.18 Å². The molecule has 2 heterocycles. The van der Waals surface area contributed by atoms with Gasteiger partial charge in [-0.15, -0.1) is 0 Å². The molecular weight excluding hydrogens is 243 g/mol. The minimum Gasteiger partial charge on any atom is -0.356 e. The molecule has 0 aromatic heterocycles. The van der Waals surface area contributed by atoms with Crippen molar-refractivity contribution in [2.45, 2.75) is 24.7 Å². The smallest absolute Gasteiger partial charge is 0.224 e. The van der Waals surface area contributed by atoms with Gasteiger partial charge in [0.25, 0.3) is 0 Å². The highest BCUT2D eigenvalue weighted by Gasteiger charge is 2.46. The largest absolute Gasteiger partial charge is 0.356 e. The number of amides is 1. The molecule has 3 rings (SSSR count). The van der Waals surface area contributed by atoms with E-state index >= 15 is 0 Å². The van der Waals surface area contributed by atoms with E-state index in [0.717, 1.165) is 44.5 Å². The lowest BCUT2D eigenvalue weighted by atomic mass is 9.64. The highest BCUT2D eigenvalue weighted by molar-refractivity contribution is 5.82. The van der Waals surface area contributed by atoms with Gasteiger partial charge in [-0.05, 0) is 50.0 Å². The Kier molecular flexibility index (Phi) is 3.27. The third-order valence-electron chi connectivity index (χ3n) is 4.63. The zero-order valence-electron chi connectivity index (χ0n) is 10.9. The minimum atomic E-state index is -0.219. The van der Waals surface area contributed by atoms with Crippen LogP contribution < -0.4 is 10.6 Å². The number of piperidine rings is 1. The molecule has 0 spiro atoms. The normalized spacial score (nSPS) is 26.2. The summed E-state index contributed by atoms with van der Waals surface area (Å²) in [6.07, 6.45) is 2.77. The highest BCUT2D eigenvalue weighted by Crippen LogP contribution is 2.43. The second kappa shape index (κ2) is 4.93. The lowest BCUT2D eigenvalue weighted by Crippen LogP contribution is -2.47. The molecule has 102 valence electrons. The van der Waals surface area contributed by atoms with Gasteiger partial charge in [-0.2, -0.15) is 0 Å². The van der Waals surface area contributed by atoms with Crippen molar-refractivity contribution >= 4 is 5.91 Å². The number of benzene rings is 1. The first-order valence-electron chi connectivity index (χ1n) is 6.97. The molecule has 1 unspecified atom stereocenters. The maximum Gasteiger partial charge on any atom is 0.224 e. The van der Waals surface area contributed by atoms with E-state index in [9.17, 15) is 9.18 Å². The van der Waals surface area contributed by atoms with Crippen LogP contribution in [0.15, 0.2) is 24.3 Å². The standard InChI is InChI=1S/C15H19FN2O/c16-12-3-1-11(2-4-12)15(6-9-17-10-7-15)13-5-8-18-14(13)19/h1-4,13,17H,5-10H2,(H,18,19). The van der Waals surface area contributed by atoms with Crippen molar-refractivity contribution in [1.82, 2.24) is 10.6 Å². The Morgan fingerprint density at radius 3 is 2.37 bits per heavy atom. The first kappa shape index (κ1) is 12.6. The maximum absolute atomic E-state index is 13.1. The Morgan fingerprint density at radius 2 is 1.79 bits per heavy atom. The van der Waals surface area contributed by atoms with E-state index in [1.165, 1.54) is 12.1 Å². The van der Waals surface area contributed by atoms with Crippen LogP contribution in [0.25, 0.3) is 0 Å². The Hall–Kier alpha value is -1.42. The quantitative estimate of drug-likeness (QED) is 0.849. The zero-order chi connectivity index (χ0) is 13.3. The van der Waals surface area contributed by atoms with Crippen LogP contribution in [0.5, 0.6) is 0 Å². The molecule has 2 N–H and O–H groups in total. The number of hydrogen-bond donors (Lipinski definition) is 2. The van der Waals surface area contributed by atoms with Crippen LogP contribution in [0.2, 0.25) is 0 Å². The first-order chi connectivity index (χ1) is 9.22. The molecule has 1 atom stereocenters. The van der Waals surface area contributed by atoms with Crippen molar-refractivity contribution in [2.24, 2.45) is 5.92 Å². The van der Waals surface area contributed by atoms with Crippen molar-refractivity contribution in [3.05, 3.63) is 35.6 Å². The molecule has 19 heavy (non-hydrogen) atoms. The molecule has 2 aliphatic rings. The number of carbonyl (C=O) groups excluding carboxylic acids is 1. The van der Waals surface area contributed by atoms with E-state index in [4.69, 9.17) is 0 Å². The molecule has 0 saturated carbocycles. The second-order valence-corrected chi connectivity index (χ2v) is 5.55. The Balaban J connectivity index is 2.00. The van der Waals surface area contributed by atoms with E-state index in [1.54, 1.807) is 0 Å². The van der Waals surface area contributed by atoms with E-state index in [2.05, 4.69) is 10.6 Å². The number of hydrogen-bond acceptors (Lipinski definition) is 2. The Morgan fingerprint density at radius 1 is 1.11 bits per heavy atom. The average Bonchev–Trinajstić information content (AvgIpc) is 2.87. The summed E-state index contributed by atoms with van der Waals surface area (Å²) in [5.41, 5.74) is 0.983. The van der Waals surface area contributed by atoms with Crippen molar-refractivity contribution in [3.63, 3.8) is 0 Å². The summed E-state index contributed by atoms with van der Waals surface area (Å²) < 4.78 is 13.1. The summed E-state index contributed by atoms with van der Waals surface area (Å²) in [5.74, 6) is -0.0324. The molecule has 0 aliphatic carbocycles. The summed E-state index contributed by atoms with van der Waals surface area (Å²) in [4.78, 5) is 12.1. The van der Waals surface area contributed by atoms with Gasteiger partial charge in [0.05, 0.1) is 0 Å². The maximum atomic E-state index is 13.1. The van der Waals surface area contributed by atoms with Gasteiger partial charge in [0.15, 0.2) is 0 Å². The van der Waals surface area contributed by atoms with Crippen molar-refractivity contribution in [1.29, 1.82) is 0 Å². The van der Waals surface area contributed by atoms with Gasteiger partial charge >= 0.3 is 0 Å². The van der Waals surface area contributed by atoms with Crippen LogP contribution >= 0.6 is 0 Å². The topological polar surface area (TPSA) is 41.1 Å². The molecular formula is C15H19FN2O. The molecule has 2 fully saturated rings. The van der Waals surface area contributed by atoms with Crippen molar-refractivity contribution in [3.8, 4) is 0 Å². The SMILES string of the molecule is O=C1NCCC1C1(c2ccc(F)cc2)CCNCC1. The third-order valence-corrected chi connectivity index (χ3v) is 4.63. The monoisotopic (exact) mass is 262 g/mol. The molecule has 2 saturated heterocycles. The van der Waals surface area contributed by atoms with E-state index < -0.39 is 0 Å². The fraction of sp³-hybridized carbons (Fsp3) is 0.533. The molecule has 3 nitrogen and oxygen atoms in total. The van der Waals surface area contributed by atoms with Gasteiger partial charge in [-0.3, -0.25) is 4.79 Å². The van der Waals surface area contributed by atoms with Gasteiger partial charge in [0.1, 0.15) is 5.82 Å². The van der Waals surface area contributed by atoms with Gasteiger partial charge in [0, 0.05) is 17.9 Å². The van der Waals surface area contributed by atoms with Crippen LogP contribution in [-0.4, -0.2) is 25.5 Å². The third kappa shape index (κ3) is 2.14. The van der Waals surface area contributed by atoms with Crippen LogP contribution in [0.3, 0.4) is 0 Å². The number of nitrogens with one attached hydrogen (secondary N) is 2. The average molecular weight is 262 g/mol. The van der Waals surface area contributed by atoms with Gasteiger partial charge in [-0.25, -0.2) is 4.39 Å². The molecule has 1 amide bonds. The van der Waals surface area contributed by atoms with Gasteiger partial charge in [-0.1, -0.05) is 12.1 Å². The number of rotatable bonds is 2. The molecule has 4 heteroatoms.